The maximum absolute atomic E-state index is 11.7. The predicted octanol–water partition coefficient (Wildman–Crippen LogP) is 1.74. The highest BCUT2D eigenvalue weighted by atomic mass is 19.1. The summed E-state index contributed by atoms with van der Waals surface area (Å²) < 4.78 is 11.7. The van der Waals surface area contributed by atoms with Crippen LogP contribution in [0.1, 0.15) is 5.56 Å². The number of halogens is 1. The van der Waals surface area contributed by atoms with Crippen LogP contribution in [0.3, 0.4) is 0 Å². The number of hydrogen-bond donors (Lipinski definition) is 0. The fourth-order valence-corrected chi connectivity index (χ4v) is 0.680. The summed E-state index contributed by atoms with van der Waals surface area (Å²) in [5.74, 6) is 0. The molecule has 0 aliphatic heterocycles. The predicted molar refractivity (Wildman–Crippen MR) is 36.0 cm³/mol. The van der Waals surface area contributed by atoms with E-state index in [0.717, 1.165) is 6.42 Å². The van der Waals surface area contributed by atoms with Crippen LogP contribution in [0.4, 0.5) is 4.39 Å². The average molecular weight is 137 g/mol. The van der Waals surface area contributed by atoms with Crippen LogP contribution < -0.4 is 0 Å². The van der Waals surface area contributed by atoms with E-state index >= 15 is 0 Å². The minimum atomic E-state index is -1.41. The summed E-state index contributed by atoms with van der Waals surface area (Å²) in [5, 5.41) is 0. The SMILES string of the molecule is O=C(F)[CH]c1ccccc1. The van der Waals surface area contributed by atoms with Gasteiger partial charge in [0.15, 0.2) is 0 Å². The molecule has 10 heavy (non-hydrogen) atoms. The molecule has 0 spiro atoms. The summed E-state index contributed by atoms with van der Waals surface area (Å²) in [6.45, 7) is 0. The van der Waals surface area contributed by atoms with Gasteiger partial charge in [-0.05, 0) is 5.56 Å². The fraction of sp³-hybridized carbons (Fsp3) is 0. The standard InChI is InChI=1S/C8H6FO/c9-8(10)6-7-4-2-1-3-5-7/h1-6H. The lowest BCUT2D eigenvalue weighted by atomic mass is 10.2. The smallest absolute Gasteiger partial charge is 0.260 e. The summed E-state index contributed by atoms with van der Waals surface area (Å²) in [6.07, 6.45) is 0.944. The van der Waals surface area contributed by atoms with E-state index < -0.39 is 6.04 Å². The van der Waals surface area contributed by atoms with Crippen LogP contribution in [0.2, 0.25) is 0 Å². The molecular weight excluding hydrogens is 131 g/mol. The van der Waals surface area contributed by atoms with Crippen molar-refractivity contribution in [1.82, 2.24) is 0 Å². The number of benzene rings is 1. The summed E-state index contributed by atoms with van der Waals surface area (Å²) in [4.78, 5) is 9.89. The Bertz CT molecular complexity index is 218. The Balaban J connectivity index is 2.67. The Hall–Kier alpha value is -1.18. The topological polar surface area (TPSA) is 17.1 Å². The molecule has 0 atom stereocenters. The van der Waals surface area contributed by atoms with Gasteiger partial charge in [-0.25, -0.2) is 0 Å². The van der Waals surface area contributed by atoms with E-state index in [2.05, 4.69) is 0 Å². The second-order valence-corrected chi connectivity index (χ2v) is 1.86. The first-order chi connectivity index (χ1) is 4.79. The minimum Gasteiger partial charge on any atom is -0.260 e. The van der Waals surface area contributed by atoms with E-state index in [-0.39, 0.29) is 0 Å². The van der Waals surface area contributed by atoms with Crippen LogP contribution >= 0.6 is 0 Å². The molecule has 1 rings (SSSR count). The first-order valence-electron chi connectivity index (χ1n) is 2.88. The van der Waals surface area contributed by atoms with Crippen molar-refractivity contribution in [3.63, 3.8) is 0 Å². The van der Waals surface area contributed by atoms with E-state index in [1.54, 1.807) is 30.3 Å². The number of carbonyl (C=O) groups is 1. The van der Waals surface area contributed by atoms with Gasteiger partial charge in [0.25, 0.3) is 0 Å². The Labute approximate surface area is 58.5 Å². The monoisotopic (exact) mass is 137 g/mol. The van der Waals surface area contributed by atoms with Gasteiger partial charge in [0.2, 0.25) is 0 Å². The highest BCUT2D eigenvalue weighted by Crippen LogP contribution is 2.01. The summed E-state index contributed by atoms with van der Waals surface area (Å²) in [6, 6.07) is 7.21. The van der Waals surface area contributed by atoms with Gasteiger partial charge < -0.3 is 0 Å². The zero-order chi connectivity index (χ0) is 7.40. The largest absolute Gasteiger partial charge is 0.310 e. The van der Waals surface area contributed by atoms with E-state index in [9.17, 15) is 9.18 Å². The van der Waals surface area contributed by atoms with Crippen LogP contribution in [-0.2, 0) is 4.79 Å². The Morgan fingerprint density at radius 3 is 2.40 bits per heavy atom. The van der Waals surface area contributed by atoms with Crippen molar-refractivity contribution in [2.24, 2.45) is 0 Å². The zero-order valence-electron chi connectivity index (χ0n) is 5.25. The molecule has 0 aliphatic rings. The lowest BCUT2D eigenvalue weighted by molar-refractivity contribution is -0.125. The van der Waals surface area contributed by atoms with Crippen LogP contribution in [0.25, 0.3) is 0 Å². The van der Waals surface area contributed by atoms with Crippen molar-refractivity contribution in [2.45, 2.75) is 0 Å². The molecule has 0 unspecified atom stereocenters. The Morgan fingerprint density at radius 1 is 1.30 bits per heavy atom. The molecule has 1 aromatic rings. The molecule has 0 heterocycles. The summed E-state index contributed by atoms with van der Waals surface area (Å²) in [7, 11) is 0. The second kappa shape index (κ2) is 3.11. The van der Waals surface area contributed by atoms with Crippen LogP contribution in [-0.4, -0.2) is 6.04 Å². The van der Waals surface area contributed by atoms with Crippen LogP contribution in [0.15, 0.2) is 30.3 Å². The maximum atomic E-state index is 11.7. The third-order valence-electron chi connectivity index (χ3n) is 1.08. The number of rotatable bonds is 2. The van der Waals surface area contributed by atoms with Gasteiger partial charge in [-0.3, -0.25) is 4.79 Å². The average Bonchev–Trinajstić information content (AvgIpc) is 1.88. The van der Waals surface area contributed by atoms with E-state index in [4.69, 9.17) is 0 Å². The van der Waals surface area contributed by atoms with Crippen molar-refractivity contribution in [1.29, 1.82) is 0 Å². The molecule has 1 nitrogen and oxygen atoms in total. The molecule has 0 saturated carbocycles. The molecule has 51 valence electrons. The van der Waals surface area contributed by atoms with E-state index in [1.807, 2.05) is 0 Å². The lowest BCUT2D eigenvalue weighted by Crippen LogP contribution is -1.89. The van der Waals surface area contributed by atoms with Crippen molar-refractivity contribution < 1.29 is 9.18 Å². The maximum Gasteiger partial charge on any atom is 0.310 e. The normalized spacial score (nSPS) is 9.30. The number of carbonyl (C=O) groups excluding carboxylic acids is 1. The van der Waals surface area contributed by atoms with Gasteiger partial charge in [0.1, 0.15) is 0 Å². The zero-order valence-corrected chi connectivity index (χ0v) is 5.25. The van der Waals surface area contributed by atoms with Crippen LogP contribution in [0.5, 0.6) is 0 Å². The quantitative estimate of drug-likeness (QED) is 0.567. The van der Waals surface area contributed by atoms with Gasteiger partial charge >= 0.3 is 6.04 Å². The summed E-state index contributed by atoms with van der Waals surface area (Å²) >= 11 is 0. The molecule has 0 bridgehead atoms. The van der Waals surface area contributed by atoms with Gasteiger partial charge in [-0.1, -0.05) is 30.3 Å². The first kappa shape index (κ1) is 6.93. The van der Waals surface area contributed by atoms with E-state index in [1.165, 1.54) is 0 Å². The van der Waals surface area contributed by atoms with Gasteiger partial charge in [-0.15, -0.1) is 0 Å². The first-order valence-corrected chi connectivity index (χ1v) is 2.88. The highest BCUT2D eigenvalue weighted by Gasteiger charge is 1.98. The van der Waals surface area contributed by atoms with Crippen molar-refractivity contribution >= 4 is 6.04 Å². The fourth-order valence-electron chi connectivity index (χ4n) is 0.680. The molecule has 2 heteroatoms. The van der Waals surface area contributed by atoms with Crippen molar-refractivity contribution in [2.75, 3.05) is 0 Å². The van der Waals surface area contributed by atoms with E-state index in [0.29, 0.717) is 5.56 Å². The molecule has 0 N–H and O–H groups in total. The molecule has 0 saturated heterocycles. The highest BCUT2D eigenvalue weighted by molar-refractivity contribution is 5.81. The molecule has 0 amide bonds. The molecular formula is C8H6FO. The van der Waals surface area contributed by atoms with Crippen molar-refractivity contribution in [3.05, 3.63) is 42.3 Å². The third kappa shape index (κ3) is 1.97. The third-order valence-corrected chi connectivity index (χ3v) is 1.08. The van der Waals surface area contributed by atoms with Gasteiger partial charge in [0, 0.05) is 0 Å². The molecule has 1 radical (unpaired) electrons. The van der Waals surface area contributed by atoms with Crippen molar-refractivity contribution in [3.8, 4) is 0 Å². The Kier molecular flexibility index (Phi) is 2.15. The molecule has 1 aromatic carbocycles. The molecule has 0 aromatic heterocycles. The van der Waals surface area contributed by atoms with Gasteiger partial charge in [0.05, 0.1) is 6.42 Å². The van der Waals surface area contributed by atoms with Crippen LogP contribution in [0, 0.1) is 6.42 Å². The summed E-state index contributed by atoms with van der Waals surface area (Å²) in [5.41, 5.74) is 0.593. The Morgan fingerprint density at radius 2 is 1.90 bits per heavy atom. The van der Waals surface area contributed by atoms with Gasteiger partial charge in [-0.2, -0.15) is 4.39 Å². The molecule has 0 aliphatic carbocycles. The lowest BCUT2D eigenvalue weighted by Gasteiger charge is -1.90. The second-order valence-electron chi connectivity index (χ2n) is 1.86. The molecule has 0 fully saturated rings. The number of hydrogen-bond acceptors (Lipinski definition) is 1. The minimum absolute atomic E-state index is 0.593.